The lowest BCUT2D eigenvalue weighted by Crippen LogP contribution is -2.18. The lowest BCUT2D eigenvalue weighted by atomic mass is 9.89. The van der Waals surface area contributed by atoms with Gasteiger partial charge < -0.3 is 10.6 Å². The first kappa shape index (κ1) is 14.2. The number of hydrogen-bond donors (Lipinski definition) is 2. The minimum atomic E-state index is 0.796. The van der Waals surface area contributed by atoms with Crippen molar-refractivity contribution in [1.82, 2.24) is 15.3 Å². The summed E-state index contributed by atoms with van der Waals surface area (Å²) in [4.78, 5) is 10.3. The molecular weight excluding hydrogens is 292 g/mol. The maximum Gasteiger partial charge on any atom is 0.188 e. The highest BCUT2D eigenvalue weighted by atomic mass is 32.1. The normalized spacial score (nSPS) is 27.0. The van der Waals surface area contributed by atoms with Crippen molar-refractivity contribution >= 4 is 22.3 Å². The Labute approximate surface area is 135 Å². The van der Waals surface area contributed by atoms with Crippen LogP contribution < -0.4 is 10.6 Å². The molecule has 1 aliphatic heterocycles. The van der Waals surface area contributed by atoms with Gasteiger partial charge in [0.1, 0.15) is 5.82 Å². The van der Waals surface area contributed by atoms with Gasteiger partial charge in [-0.15, -0.1) is 11.3 Å². The Balaban J connectivity index is 1.45. The van der Waals surface area contributed by atoms with Crippen LogP contribution in [0.3, 0.4) is 0 Å². The van der Waals surface area contributed by atoms with Crippen molar-refractivity contribution in [3.63, 3.8) is 0 Å². The Morgan fingerprint density at radius 2 is 2.27 bits per heavy atom. The van der Waals surface area contributed by atoms with Gasteiger partial charge in [0.05, 0.1) is 0 Å². The molecule has 1 aliphatic carbocycles. The Kier molecular flexibility index (Phi) is 3.84. The maximum absolute atomic E-state index is 4.79. The summed E-state index contributed by atoms with van der Waals surface area (Å²) in [7, 11) is 0. The molecule has 22 heavy (non-hydrogen) atoms. The molecule has 2 N–H and O–H groups in total. The van der Waals surface area contributed by atoms with Gasteiger partial charge >= 0.3 is 0 Å². The smallest absolute Gasteiger partial charge is 0.188 e. The van der Waals surface area contributed by atoms with Crippen LogP contribution in [0.2, 0.25) is 0 Å². The molecule has 1 saturated heterocycles. The van der Waals surface area contributed by atoms with Crippen molar-refractivity contribution in [2.45, 2.75) is 26.2 Å². The van der Waals surface area contributed by atoms with Crippen molar-refractivity contribution in [3.05, 3.63) is 35.0 Å². The number of nitrogens with zero attached hydrogens (tertiary/aromatic N) is 2. The molecule has 2 aromatic rings. The zero-order valence-corrected chi connectivity index (χ0v) is 13.7. The van der Waals surface area contributed by atoms with E-state index in [0.717, 1.165) is 35.1 Å². The first-order valence-electron chi connectivity index (χ1n) is 8.14. The number of thiazole rings is 1. The number of fused-ring (bicyclic) bond motifs is 1. The van der Waals surface area contributed by atoms with Gasteiger partial charge in [-0.3, -0.25) is 0 Å². The largest absolute Gasteiger partial charge is 0.316 e. The first-order chi connectivity index (χ1) is 10.8. The van der Waals surface area contributed by atoms with Crippen molar-refractivity contribution in [3.8, 4) is 0 Å². The molecule has 0 radical (unpaired) electrons. The van der Waals surface area contributed by atoms with Crippen LogP contribution in [0.25, 0.3) is 0 Å². The molecule has 0 bridgehead atoms. The molecule has 2 aliphatic rings. The standard InChI is InChI=1S/C17H22N4S/c1-11-8-19-17(22-11)21-16-4-2-3-14(20-16)7-12-5-6-13-9-18-10-15(12)13/h2-4,8,12-13,15,18H,5-7,9-10H2,1H3,(H,19,20,21)/t12-,13-,15-/m1/s1. The average molecular weight is 314 g/mol. The Morgan fingerprint density at radius 3 is 3.14 bits per heavy atom. The summed E-state index contributed by atoms with van der Waals surface area (Å²) in [5, 5.41) is 7.79. The van der Waals surface area contributed by atoms with Gasteiger partial charge in [-0.1, -0.05) is 6.07 Å². The van der Waals surface area contributed by atoms with Gasteiger partial charge in [0.2, 0.25) is 0 Å². The predicted octanol–water partition coefficient (Wildman–Crippen LogP) is 3.38. The lowest BCUT2D eigenvalue weighted by Gasteiger charge is -2.17. The first-order valence-corrected chi connectivity index (χ1v) is 8.96. The monoisotopic (exact) mass is 314 g/mol. The third-order valence-electron chi connectivity index (χ3n) is 5.04. The van der Waals surface area contributed by atoms with E-state index < -0.39 is 0 Å². The van der Waals surface area contributed by atoms with E-state index in [-0.39, 0.29) is 0 Å². The zero-order chi connectivity index (χ0) is 14.9. The van der Waals surface area contributed by atoms with E-state index in [1.165, 1.54) is 36.5 Å². The number of nitrogens with one attached hydrogen (secondary N) is 2. The number of pyridine rings is 1. The second-order valence-electron chi connectivity index (χ2n) is 6.54. The van der Waals surface area contributed by atoms with Crippen LogP contribution in [0, 0.1) is 24.7 Å². The van der Waals surface area contributed by atoms with Crippen LogP contribution in [0.5, 0.6) is 0 Å². The fourth-order valence-electron chi connectivity index (χ4n) is 3.97. The third kappa shape index (κ3) is 2.88. The minimum Gasteiger partial charge on any atom is -0.316 e. The van der Waals surface area contributed by atoms with E-state index in [4.69, 9.17) is 4.98 Å². The van der Waals surface area contributed by atoms with Crippen LogP contribution in [0.1, 0.15) is 23.4 Å². The second kappa shape index (κ2) is 5.97. The topological polar surface area (TPSA) is 49.8 Å². The second-order valence-corrected chi connectivity index (χ2v) is 7.77. The van der Waals surface area contributed by atoms with Crippen LogP contribution in [-0.2, 0) is 6.42 Å². The molecule has 5 heteroatoms. The molecular formula is C17H22N4S. The zero-order valence-electron chi connectivity index (χ0n) is 12.9. The Hall–Kier alpha value is -1.46. The maximum atomic E-state index is 4.79. The number of aromatic nitrogens is 2. The van der Waals surface area contributed by atoms with Crippen molar-refractivity contribution in [1.29, 1.82) is 0 Å². The third-order valence-corrected chi connectivity index (χ3v) is 5.87. The predicted molar refractivity (Wildman–Crippen MR) is 90.6 cm³/mol. The molecule has 0 spiro atoms. The molecule has 4 nitrogen and oxygen atoms in total. The van der Waals surface area contributed by atoms with Crippen molar-refractivity contribution in [2.24, 2.45) is 17.8 Å². The van der Waals surface area contributed by atoms with Gasteiger partial charge in [-0.2, -0.15) is 0 Å². The molecule has 2 fully saturated rings. The molecule has 3 heterocycles. The van der Waals surface area contributed by atoms with Gasteiger partial charge in [0, 0.05) is 16.8 Å². The summed E-state index contributed by atoms with van der Waals surface area (Å²) in [6.45, 7) is 4.49. The van der Waals surface area contributed by atoms with Crippen LogP contribution in [-0.4, -0.2) is 23.1 Å². The SMILES string of the molecule is Cc1cnc(Nc2cccc(C[C@H]3CC[C@@H]4CNC[C@@H]43)n2)s1. The molecule has 0 unspecified atom stereocenters. The highest BCUT2D eigenvalue weighted by molar-refractivity contribution is 7.15. The molecule has 4 rings (SSSR count). The molecule has 2 aromatic heterocycles. The summed E-state index contributed by atoms with van der Waals surface area (Å²) in [6.07, 6.45) is 5.75. The summed E-state index contributed by atoms with van der Waals surface area (Å²) >= 11 is 1.66. The van der Waals surface area contributed by atoms with E-state index >= 15 is 0 Å². The Morgan fingerprint density at radius 1 is 1.32 bits per heavy atom. The molecule has 116 valence electrons. The summed E-state index contributed by atoms with van der Waals surface area (Å²) < 4.78 is 0. The fraction of sp³-hybridized carbons (Fsp3) is 0.529. The van der Waals surface area contributed by atoms with Gasteiger partial charge in [-0.05, 0) is 69.2 Å². The summed E-state index contributed by atoms with van der Waals surface area (Å²) in [6, 6.07) is 6.28. The number of rotatable bonds is 4. The number of hydrogen-bond acceptors (Lipinski definition) is 5. The van der Waals surface area contributed by atoms with Crippen molar-refractivity contribution < 1.29 is 0 Å². The lowest BCUT2D eigenvalue weighted by molar-refractivity contribution is 0.372. The average Bonchev–Trinajstić information content (AvgIpc) is 3.19. The minimum absolute atomic E-state index is 0.796. The van der Waals surface area contributed by atoms with Gasteiger partial charge in [0.25, 0.3) is 0 Å². The van der Waals surface area contributed by atoms with Gasteiger partial charge in [0.15, 0.2) is 5.13 Å². The van der Waals surface area contributed by atoms with E-state index in [2.05, 4.69) is 34.7 Å². The quantitative estimate of drug-likeness (QED) is 0.908. The van der Waals surface area contributed by atoms with Crippen LogP contribution in [0.4, 0.5) is 10.9 Å². The van der Waals surface area contributed by atoms with Crippen LogP contribution in [0.15, 0.2) is 24.4 Å². The summed E-state index contributed by atoms with van der Waals surface area (Å²) in [5.74, 6) is 3.47. The molecule has 3 atom stereocenters. The molecule has 1 saturated carbocycles. The highest BCUT2D eigenvalue weighted by Gasteiger charge is 2.38. The van der Waals surface area contributed by atoms with Crippen molar-refractivity contribution in [2.75, 3.05) is 18.4 Å². The van der Waals surface area contributed by atoms with E-state index in [1.807, 2.05) is 12.3 Å². The van der Waals surface area contributed by atoms with E-state index in [9.17, 15) is 0 Å². The number of anilines is 2. The molecule has 0 aromatic carbocycles. The fourth-order valence-corrected chi connectivity index (χ4v) is 4.64. The van der Waals surface area contributed by atoms with E-state index in [0.29, 0.717) is 0 Å². The Bertz CT molecular complexity index is 654. The highest BCUT2D eigenvalue weighted by Crippen LogP contribution is 2.40. The number of aryl methyl sites for hydroxylation is 1. The van der Waals surface area contributed by atoms with Gasteiger partial charge in [-0.25, -0.2) is 9.97 Å². The van der Waals surface area contributed by atoms with Crippen LogP contribution >= 0.6 is 11.3 Å². The summed E-state index contributed by atoms with van der Waals surface area (Å²) in [5.41, 5.74) is 1.20. The molecule has 0 amide bonds. The van der Waals surface area contributed by atoms with E-state index in [1.54, 1.807) is 11.3 Å².